The van der Waals surface area contributed by atoms with Crippen LogP contribution >= 0.6 is 0 Å². The van der Waals surface area contributed by atoms with Crippen LogP contribution in [-0.2, 0) is 83.1 Å². The number of hydrogen-bond donors (Lipinski definition) is 1. The fourth-order valence-corrected chi connectivity index (χ4v) is 10.2. The zero-order valence-electron chi connectivity index (χ0n) is 42.9. The lowest BCUT2D eigenvalue weighted by molar-refractivity contribution is -0.359. The Morgan fingerprint density at radius 1 is 0.557 bits per heavy atom. The van der Waals surface area contributed by atoms with Gasteiger partial charge in [-0.1, -0.05) is 162 Å². The van der Waals surface area contributed by atoms with Crippen LogP contribution in [0.25, 0.3) is 0 Å². The molecule has 0 unspecified atom stereocenters. The van der Waals surface area contributed by atoms with Crippen LogP contribution < -0.4 is 5.32 Å². The van der Waals surface area contributed by atoms with Gasteiger partial charge in [-0.25, -0.2) is 0 Å². The van der Waals surface area contributed by atoms with Crippen molar-refractivity contribution in [2.45, 2.75) is 166 Å². The molecule has 2 aliphatic rings. The lowest BCUT2D eigenvalue weighted by atomic mass is 9.94. The zero-order valence-corrected chi connectivity index (χ0v) is 44.9. The van der Waals surface area contributed by atoms with Gasteiger partial charge in [-0.15, -0.1) is 0 Å². The minimum absolute atomic E-state index is 0.00484. The second kappa shape index (κ2) is 26.0. The van der Waals surface area contributed by atoms with Crippen LogP contribution in [0, 0.1) is 0 Å². The maximum absolute atomic E-state index is 13.5. The maximum Gasteiger partial charge on any atom is 0.303 e. The molecule has 1 amide bonds. The quantitative estimate of drug-likeness (QED) is 0.0529. The zero-order chi connectivity index (χ0) is 50.3. The number of ether oxygens (including phenoxy) is 9. The van der Waals surface area contributed by atoms with E-state index in [1.54, 1.807) is 0 Å². The highest BCUT2D eigenvalue weighted by Crippen LogP contribution is 2.41. The Hall–Kier alpha value is -4.11. The van der Waals surface area contributed by atoms with Crippen LogP contribution in [0.4, 0.5) is 0 Å². The van der Waals surface area contributed by atoms with Crippen LogP contribution in [0.1, 0.15) is 56.9 Å². The molecular weight excluding hydrogens is 923 g/mol. The van der Waals surface area contributed by atoms with Crippen molar-refractivity contribution in [3.05, 3.63) is 144 Å². The van der Waals surface area contributed by atoms with Crippen LogP contribution in [0.15, 0.2) is 121 Å². The Labute approximate surface area is 418 Å². The Morgan fingerprint density at radius 3 is 1.44 bits per heavy atom. The number of carbonyl (C=O) groups is 2. The number of hydrogen-bond acceptors (Lipinski definition) is 12. The first kappa shape index (κ1) is 55.2. The van der Waals surface area contributed by atoms with E-state index >= 15 is 0 Å². The topological polar surface area (TPSA) is 138 Å². The van der Waals surface area contributed by atoms with Crippen LogP contribution in [0.2, 0.25) is 43.8 Å². The predicted molar refractivity (Wildman–Crippen MR) is 274 cm³/mol. The van der Waals surface area contributed by atoms with E-state index in [0.29, 0.717) is 13.2 Å². The van der Waals surface area contributed by atoms with Crippen LogP contribution in [0.5, 0.6) is 0 Å². The third-order valence-corrected chi connectivity index (χ3v) is 19.1. The molecule has 2 aliphatic heterocycles. The Balaban J connectivity index is 1.46. The number of nitrogens with one attached hydrogen (secondary N) is 1. The number of amides is 1. The molecule has 0 bridgehead atoms. The lowest BCUT2D eigenvalue weighted by Gasteiger charge is -2.52. The molecule has 70 heavy (non-hydrogen) atoms. The van der Waals surface area contributed by atoms with Crippen molar-refractivity contribution in [2.75, 3.05) is 19.8 Å². The number of esters is 1. The minimum atomic E-state index is -2.69. The first-order valence-corrected chi connectivity index (χ1v) is 31.2. The van der Waals surface area contributed by atoms with Crippen LogP contribution in [-0.4, -0.2) is 109 Å². The van der Waals surface area contributed by atoms with Gasteiger partial charge in [0.1, 0.15) is 42.7 Å². The fraction of sp³-hybridized carbons (Fsp3) is 0.527. The molecule has 0 saturated carbocycles. The number of rotatable bonds is 24. The molecule has 0 aromatic heterocycles. The highest BCUT2D eigenvalue weighted by Gasteiger charge is 2.56. The molecule has 2 heterocycles. The van der Waals surface area contributed by atoms with Gasteiger partial charge in [0.05, 0.1) is 39.6 Å². The molecule has 6 rings (SSSR count). The third kappa shape index (κ3) is 16.7. The summed E-state index contributed by atoms with van der Waals surface area (Å²) >= 11 is 0. The first-order chi connectivity index (χ1) is 33.4. The average molecular weight is 1000 g/mol. The van der Waals surface area contributed by atoms with Crippen LogP contribution in [0.3, 0.4) is 0 Å². The number of carbonyl (C=O) groups excluding carboxylic acids is 2. The largest absolute Gasteiger partial charge is 0.457 e. The lowest BCUT2D eigenvalue weighted by Crippen LogP contribution is -2.70. The highest BCUT2D eigenvalue weighted by atomic mass is 28.4. The molecule has 1 N–H and O–H groups in total. The number of benzene rings is 4. The molecule has 4 aromatic rings. The molecule has 2 fully saturated rings. The summed E-state index contributed by atoms with van der Waals surface area (Å²) in [6.07, 6.45) is -8.42. The van der Waals surface area contributed by atoms with Gasteiger partial charge < -0.3 is 52.4 Å². The van der Waals surface area contributed by atoms with E-state index in [2.05, 4.69) is 58.8 Å². The van der Waals surface area contributed by atoms with Gasteiger partial charge in [0.2, 0.25) is 5.91 Å². The van der Waals surface area contributed by atoms with E-state index in [1.807, 2.05) is 121 Å². The summed E-state index contributed by atoms with van der Waals surface area (Å²) < 4.78 is 68.4. The van der Waals surface area contributed by atoms with Gasteiger partial charge in [-0.05, 0) is 46.4 Å². The summed E-state index contributed by atoms with van der Waals surface area (Å²) in [5, 5.41) is 2.86. The highest BCUT2D eigenvalue weighted by molar-refractivity contribution is 6.76. The van der Waals surface area contributed by atoms with Crippen molar-refractivity contribution in [1.29, 1.82) is 0 Å². The van der Waals surface area contributed by atoms with Gasteiger partial charge in [0.25, 0.3) is 0 Å². The van der Waals surface area contributed by atoms with Crippen molar-refractivity contribution in [3.63, 3.8) is 0 Å². The predicted octanol–water partition coefficient (Wildman–Crippen LogP) is 9.61. The molecule has 2 saturated heterocycles. The maximum atomic E-state index is 13.5. The average Bonchev–Trinajstić information content (AvgIpc) is 3.31. The normalized spacial score (nSPS) is 25.3. The molecule has 0 spiro atoms. The third-order valence-electron chi connectivity index (χ3n) is 12.9. The molecule has 4 aromatic carbocycles. The van der Waals surface area contributed by atoms with Crippen molar-refractivity contribution < 1.29 is 56.6 Å². The van der Waals surface area contributed by atoms with Crippen molar-refractivity contribution >= 4 is 28.3 Å². The molecular formula is C55H77NO12Si2. The van der Waals surface area contributed by atoms with E-state index in [-0.39, 0.29) is 44.0 Å². The van der Waals surface area contributed by atoms with E-state index in [1.165, 1.54) is 13.8 Å². The molecule has 0 aliphatic carbocycles. The second-order valence-corrected chi connectivity index (χ2v) is 31.4. The molecule has 13 nitrogen and oxygen atoms in total. The molecule has 10 atom stereocenters. The second-order valence-electron chi connectivity index (χ2n) is 21.0. The van der Waals surface area contributed by atoms with E-state index in [0.717, 1.165) is 28.3 Å². The van der Waals surface area contributed by atoms with E-state index < -0.39 is 83.7 Å². The SMILES string of the molecule is CC(=O)N[C@H]1[C@H](O[C@H]2[C@@H](OCc3ccccc3)[C@@H](COCc3ccccc3)O[C@@H](OCC[Si](C)(C)C)[C@@H]2OCc2ccccc2)O[C@H](COCc2ccccc2)[C@@H](OC(C)=O)[C@@H]1O[Si](C)(C)C(C)(C)C. The van der Waals surface area contributed by atoms with E-state index in [9.17, 15) is 9.59 Å². The summed E-state index contributed by atoms with van der Waals surface area (Å²) in [6, 6.07) is 39.4. The van der Waals surface area contributed by atoms with Gasteiger partial charge in [-0.3, -0.25) is 9.59 Å². The van der Waals surface area contributed by atoms with Gasteiger partial charge in [-0.2, -0.15) is 0 Å². The Kier molecular flexibility index (Phi) is 20.5. The molecule has 15 heteroatoms. The first-order valence-electron chi connectivity index (χ1n) is 24.6. The van der Waals surface area contributed by atoms with Gasteiger partial charge in [0, 0.05) is 28.5 Å². The summed E-state index contributed by atoms with van der Waals surface area (Å²) in [7, 11) is -4.26. The monoisotopic (exact) mass is 999 g/mol. The minimum Gasteiger partial charge on any atom is -0.457 e. The molecule has 0 radical (unpaired) electrons. The van der Waals surface area contributed by atoms with E-state index in [4.69, 9.17) is 47.1 Å². The standard InChI is InChI=1S/C55H77NO12Si2/c1-39(57)56-47-50(68-70(9,10)55(3,4)5)49(64-40(2)58)46(38-60-34-42-25-17-12-18-26-42)65-53(47)67-51-48(62-35-43-27-19-13-20-28-43)45(37-59-33-41-23-15-11-16-24-41)66-54(61-31-32-69(6,7)8)52(51)63-36-44-29-21-14-22-30-44/h11-30,45-54H,31-38H2,1-10H3,(H,56,57)/t45-,46-,47-,48+,49-,50-,51+,52-,53+,54-/m1/s1. The van der Waals surface area contributed by atoms with Crippen molar-refractivity contribution in [2.24, 2.45) is 0 Å². The Morgan fingerprint density at radius 2 is 1.00 bits per heavy atom. The summed E-state index contributed by atoms with van der Waals surface area (Å²) in [6.45, 7) is 21.9. The summed E-state index contributed by atoms with van der Waals surface area (Å²) in [5.74, 6) is -0.886. The summed E-state index contributed by atoms with van der Waals surface area (Å²) in [5.41, 5.74) is 3.84. The van der Waals surface area contributed by atoms with Gasteiger partial charge in [0.15, 0.2) is 27.0 Å². The Bertz CT molecular complexity index is 2160. The van der Waals surface area contributed by atoms with Crippen molar-refractivity contribution in [1.82, 2.24) is 5.32 Å². The van der Waals surface area contributed by atoms with Gasteiger partial charge >= 0.3 is 5.97 Å². The molecule has 382 valence electrons. The fourth-order valence-electron chi connectivity index (χ4n) is 8.12. The summed E-state index contributed by atoms with van der Waals surface area (Å²) in [4.78, 5) is 26.6. The smallest absolute Gasteiger partial charge is 0.303 e. The van der Waals surface area contributed by atoms with Crippen molar-refractivity contribution in [3.8, 4) is 0 Å².